The van der Waals surface area contributed by atoms with Crippen LogP contribution in [-0.2, 0) is 16.0 Å². The third kappa shape index (κ3) is 3.27. The van der Waals surface area contributed by atoms with Crippen molar-refractivity contribution in [2.24, 2.45) is 28.9 Å². The minimum absolute atomic E-state index is 0.0753. The van der Waals surface area contributed by atoms with E-state index < -0.39 is 0 Å². The highest BCUT2D eigenvalue weighted by atomic mass is 16.2. The monoisotopic (exact) mass is 369 g/mol. The van der Waals surface area contributed by atoms with Crippen LogP contribution in [0.15, 0.2) is 24.3 Å². The van der Waals surface area contributed by atoms with E-state index in [1.165, 1.54) is 11.1 Å². The van der Waals surface area contributed by atoms with Gasteiger partial charge in [0.05, 0.1) is 6.04 Å². The number of primary amides is 1. The summed E-state index contributed by atoms with van der Waals surface area (Å²) >= 11 is 0. The second-order valence-corrected chi connectivity index (χ2v) is 9.12. The highest BCUT2D eigenvalue weighted by Crippen LogP contribution is 2.59. The molecule has 3 atom stereocenters. The van der Waals surface area contributed by atoms with Gasteiger partial charge in [-0.15, -0.1) is 0 Å². The number of amides is 2. The smallest absolute Gasteiger partial charge is 0.237 e. The normalized spacial score (nSPS) is 35.0. The van der Waals surface area contributed by atoms with E-state index in [1.54, 1.807) is 0 Å². The second-order valence-electron chi connectivity index (χ2n) is 9.12. The van der Waals surface area contributed by atoms with Crippen LogP contribution in [0.4, 0.5) is 0 Å². The van der Waals surface area contributed by atoms with Crippen LogP contribution in [-0.4, -0.2) is 30.9 Å². The van der Waals surface area contributed by atoms with Gasteiger partial charge >= 0.3 is 0 Å². The van der Waals surface area contributed by atoms with Gasteiger partial charge in [0.1, 0.15) is 0 Å². The summed E-state index contributed by atoms with van der Waals surface area (Å²) < 4.78 is 0. The van der Waals surface area contributed by atoms with Gasteiger partial charge < -0.3 is 16.4 Å². The number of likely N-dealkylation sites (N-methyl/N-ethyl adjacent to an activating group) is 1. The molecule has 3 unspecified atom stereocenters. The molecule has 4 aliphatic carbocycles. The van der Waals surface area contributed by atoms with Gasteiger partial charge in [-0.2, -0.15) is 0 Å². The maximum Gasteiger partial charge on any atom is 0.237 e. The molecular weight excluding hydrogens is 338 g/mol. The average molecular weight is 370 g/mol. The lowest BCUT2D eigenvalue weighted by Gasteiger charge is -2.58. The number of benzene rings is 1. The standard InChI is InChI=1S/C22H31N3O2/c1-13-5-3-4-6-15(13)9-18(24-2)20(26)25-19-16-7-14-8-17(19)12-22(10-14,11-16)21(23)27/h3-6,14,16-19,24H,7-12H2,1-2H3,(H2,23,27)(H,25,26). The van der Waals surface area contributed by atoms with Gasteiger partial charge in [-0.25, -0.2) is 0 Å². The zero-order valence-electron chi connectivity index (χ0n) is 16.3. The summed E-state index contributed by atoms with van der Waals surface area (Å²) in [5.74, 6) is 1.34. The van der Waals surface area contributed by atoms with E-state index >= 15 is 0 Å². The SMILES string of the molecule is CNC(Cc1ccccc1C)C(=O)NC1C2CC3CC1CC(C(N)=O)(C3)C2. The van der Waals surface area contributed by atoms with Gasteiger partial charge in [-0.1, -0.05) is 24.3 Å². The van der Waals surface area contributed by atoms with Crippen LogP contribution >= 0.6 is 0 Å². The number of nitrogens with one attached hydrogen (secondary N) is 2. The Morgan fingerprint density at radius 3 is 2.44 bits per heavy atom. The van der Waals surface area contributed by atoms with E-state index in [2.05, 4.69) is 29.7 Å². The first-order chi connectivity index (χ1) is 12.9. The fraction of sp³-hybridized carbons (Fsp3) is 0.636. The molecule has 5 heteroatoms. The van der Waals surface area contributed by atoms with E-state index in [1.807, 2.05) is 19.2 Å². The Bertz CT molecular complexity index is 731. The number of carbonyl (C=O) groups excluding carboxylic acids is 2. The summed E-state index contributed by atoms with van der Waals surface area (Å²) in [5.41, 5.74) is 7.88. The van der Waals surface area contributed by atoms with E-state index in [9.17, 15) is 9.59 Å². The minimum atomic E-state index is -0.304. The van der Waals surface area contributed by atoms with Crippen LogP contribution in [0, 0.1) is 30.1 Å². The Morgan fingerprint density at radius 1 is 1.19 bits per heavy atom. The van der Waals surface area contributed by atoms with Crippen LogP contribution < -0.4 is 16.4 Å². The highest BCUT2D eigenvalue weighted by Gasteiger charge is 2.58. The topological polar surface area (TPSA) is 84.2 Å². The number of aryl methyl sites for hydroxylation is 1. The molecule has 2 amide bonds. The van der Waals surface area contributed by atoms with Gasteiger partial charge in [0.25, 0.3) is 0 Å². The molecule has 0 radical (unpaired) electrons. The molecule has 4 saturated carbocycles. The first-order valence-corrected chi connectivity index (χ1v) is 10.2. The first-order valence-electron chi connectivity index (χ1n) is 10.2. The van der Waals surface area contributed by atoms with Crippen molar-refractivity contribution >= 4 is 11.8 Å². The lowest BCUT2D eigenvalue weighted by atomic mass is 9.47. The molecule has 0 spiro atoms. The molecule has 5 nitrogen and oxygen atoms in total. The van der Waals surface area contributed by atoms with Crippen molar-refractivity contribution in [1.29, 1.82) is 0 Å². The average Bonchev–Trinajstić information content (AvgIpc) is 2.63. The largest absolute Gasteiger partial charge is 0.369 e. The molecule has 0 aliphatic heterocycles. The summed E-state index contributed by atoms with van der Waals surface area (Å²) in [6.45, 7) is 2.08. The van der Waals surface area contributed by atoms with Crippen molar-refractivity contribution in [2.45, 2.75) is 57.5 Å². The predicted octanol–water partition coefficient (Wildman–Crippen LogP) is 1.92. The molecule has 5 rings (SSSR count). The van der Waals surface area contributed by atoms with Crippen molar-refractivity contribution in [3.63, 3.8) is 0 Å². The fourth-order valence-corrected chi connectivity index (χ4v) is 6.21. The molecule has 4 bridgehead atoms. The molecular formula is C22H31N3O2. The zero-order chi connectivity index (χ0) is 19.2. The van der Waals surface area contributed by atoms with E-state index in [0.29, 0.717) is 24.2 Å². The molecule has 0 saturated heterocycles. The lowest BCUT2D eigenvalue weighted by Crippen LogP contribution is -2.63. The highest BCUT2D eigenvalue weighted by molar-refractivity contribution is 5.83. The van der Waals surface area contributed by atoms with Gasteiger partial charge in [0.15, 0.2) is 0 Å². The predicted molar refractivity (Wildman–Crippen MR) is 105 cm³/mol. The van der Waals surface area contributed by atoms with E-state index in [-0.39, 0.29) is 29.3 Å². The number of carbonyl (C=O) groups is 2. The van der Waals surface area contributed by atoms with Crippen LogP contribution in [0.25, 0.3) is 0 Å². The molecule has 4 fully saturated rings. The Hall–Kier alpha value is -1.88. The Morgan fingerprint density at radius 2 is 1.85 bits per heavy atom. The maximum atomic E-state index is 13.0. The summed E-state index contributed by atoms with van der Waals surface area (Å²) in [4.78, 5) is 25.1. The van der Waals surface area contributed by atoms with Crippen LogP contribution in [0.2, 0.25) is 0 Å². The van der Waals surface area contributed by atoms with Crippen molar-refractivity contribution < 1.29 is 9.59 Å². The lowest BCUT2D eigenvalue weighted by molar-refractivity contribution is -0.147. The third-order valence-electron chi connectivity index (χ3n) is 7.46. The van der Waals surface area contributed by atoms with Crippen molar-refractivity contribution in [3.8, 4) is 0 Å². The van der Waals surface area contributed by atoms with Gasteiger partial charge in [0.2, 0.25) is 11.8 Å². The van der Waals surface area contributed by atoms with Crippen molar-refractivity contribution in [3.05, 3.63) is 35.4 Å². The Balaban J connectivity index is 1.45. The molecule has 27 heavy (non-hydrogen) atoms. The number of hydrogen-bond acceptors (Lipinski definition) is 3. The second kappa shape index (κ2) is 6.93. The zero-order valence-corrected chi connectivity index (χ0v) is 16.3. The summed E-state index contributed by atoms with van der Waals surface area (Å²) in [7, 11) is 1.85. The number of rotatable bonds is 6. The van der Waals surface area contributed by atoms with E-state index in [0.717, 1.165) is 32.1 Å². The number of hydrogen-bond donors (Lipinski definition) is 3. The number of nitrogens with two attached hydrogens (primary N) is 1. The Labute approximate surface area is 161 Å². The fourth-order valence-electron chi connectivity index (χ4n) is 6.21. The maximum absolute atomic E-state index is 13.0. The third-order valence-corrected chi connectivity index (χ3v) is 7.46. The van der Waals surface area contributed by atoms with E-state index in [4.69, 9.17) is 5.73 Å². The van der Waals surface area contributed by atoms with Crippen molar-refractivity contribution in [1.82, 2.24) is 10.6 Å². The first kappa shape index (κ1) is 18.5. The molecule has 0 heterocycles. The minimum Gasteiger partial charge on any atom is -0.369 e. The summed E-state index contributed by atoms with van der Waals surface area (Å²) in [5, 5.41) is 6.55. The summed E-state index contributed by atoms with van der Waals surface area (Å²) in [6, 6.07) is 8.17. The molecule has 146 valence electrons. The van der Waals surface area contributed by atoms with Crippen molar-refractivity contribution in [2.75, 3.05) is 7.05 Å². The quantitative estimate of drug-likeness (QED) is 0.716. The molecule has 1 aromatic carbocycles. The van der Waals surface area contributed by atoms with Gasteiger partial charge in [-0.05, 0) is 81.4 Å². The molecule has 4 N–H and O–H groups in total. The summed E-state index contributed by atoms with van der Waals surface area (Å²) in [6.07, 6.45) is 5.59. The Kier molecular flexibility index (Phi) is 4.75. The van der Waals surface area contributed by atoms with Crippen LogP contribution in [0.1, 0.15) is 43.2 Å². The van der Waals surface area contributed by atoms with Crippen LogP contribution in [0.5, 0.6) is 0 Å². The molecule has 1 aromatic rings. The molecule has 0 aromatic heterocycles. The molecule has 4 aliphatic rings. The van der Waals surface area contributed by atoms with Gasteiger partial charge in [0, 0.05) is 11.5 Å². The van der Waals surface area contributed by atoms with Gasteiger partial charge in [-0.3, -0.25) is 9.59 Å². The van der Waals surface area contributed by atoms with Crippen LogP contribution in [0.3, 0.4) is 0 Å².